The fourth-order valence-corrected chi connectivity index (χ4v) is 3.70. The lowest BCUT2D eigenvalue weighted by Crippen LogP contribution is -2.33. The highest BCUT2D eigenvalue weighted by Gasteiger charge is 2.33. The van der Waals surface area contributed by atoms with Crippen molar-refractivity contribution in [2.75, 3.05) is 0 Å². The van der Waals surface area contributed by atoms with E-state index in [0.717, 1.165) is 24.1 Å². The Balaban J connectivity index is 2.26. The van der Waals surface area contributed by atoms with Crippen molar-refractivity contribution < 1.29 is 8.68 Å². The molecule has 21 heavy (non-hydrogen) atoms. The minimum absolute atomic E-state index is 0.0323. The van der Waals surface area contributed by atoms with Gasteiger partial charge in [0.15, 0.2) is 6.20 Å². The topological polar surface area (TPSA) is 3.88 Å². The fourth-order valence-electron chi connectivity index (χ4n) is 3.70. The van der Waals surface area contributed by atoms with E-state index < -0.39 is 6.85 Å². The third-order valence-corrected chi connectivity index (χ3v) is 5.05. The quantitative estimate of drug-likeness (QED) is 0.708. The van der Waals surface area contributed by atoms with Crippen molar-refractivity contribution in [2.45, 2.75) is 51.8 Å². The Labute approximate surface area is 132 Å². The summed E-state index contributed by atoms with van der Waals surface area (Å²) in [6, 6.07) is 10.4. The first-order valence-corrected chi connectivity index (χ1v) is 7.83. The summed E-state index contributed by atoms with van der Waals surface area (Å²) in [4.78, 5) is 0. The standard InChI is InChI=1S/C20H26N/c1-15-9-5-6-10-17(15)19-13-18(16(2)14-21(19)4)20(3)11-7-8-12-20/h5-6,9-10,13-14H,7-8,11-12H2,1-4H3/q+1/i2D3. The second kappa shape index (κ2) is 5.29. The van der Waals surface area contributed by atoms with Gasteiger partial charge in [-0.3, -0.25) is 0 Å². The average Bonchev–Trinajstić information content (AvgIpc) is 2.95. The third-order valence-electron chi connectivity index (χ3n) is 5.05. The zero-order valence-corrected chi connectivity index (χ0v) is 13.2. The van der Waals surface area contributed by atoms with Crippen LogP contribution >= 0.6 is 0 Å². The van der Waals surface area contributed by atoms with Crippen molar-refractivity contribution in [2.24, 2.45) is 7.05 Å². The molecule has 0 N–H and O–H groups in total. The molecule has 0 unspecified atom stereocenters. The van der Waals surface area contributed by atoms with Crippen molar-refractivity contribution in [3.8, 4) is 11.3 Å². The smallest absolute Gasteiger partial charge is 0.201 e. The van der Waals surface area contributed by atoms with E-state index >= 15 is 0 Å². The molecule has 3 rings (SSSR count). The minimum atomic E-state index is -2.08. The second-order valence-corrected chi connectivity index (χ2v) is 6.68. The summed E-state index contributed by atoms with van der Waals surface area (Å²) in [5.41, 5.74) is 4.94. The van der Waals surface area contributed by atoms with E-state index in [9.17, 15) is 0 Å². The number of nitrogens with zero attached hydrogens (tertiary/aromatic N) is 1. The number of rotatable bonds is 2. The van der Waals surface area contributed by atoms with Crippen LogP contribution in [0.1, 0.15) is 53.4 Å². The molecule has 2 aromatic rings. The fraction of sp³-hybridized carbons (Fsp3) is 0.450. The van der Waals surface area contributed by atoms with E-state index in [1.807, 2.05) is 29.9 Å². The van der Waals surface area contributed by atoms with E-state index in [-0.39, 0.29) is 5.41 Å². The molecule has 110 valence electrons. The molecule has 1 heterocycles. The van der Waals surface area contributed by atoms with E-state index in [1.54, 1.807) is 0 Å². The Morgan fingerprint density at radius 2 is 1.86 bits per heavy atom. The first-order valence-electron chi connectivity index (χ1n) is 9.33. The van der Waals surface area contributed by atoms with Crippen LogP contribution in [0.25, 0.3) is 11.3 Å². The maximum absolute atomic E-state index is 8.00. The van der Waals surface area contributed by atoms with Crippen LogP contribution < -0.4 is 4.57 Å². The number of benzene rings is 1. The number of hydrogen-bond donors (Lipinski definition) is 0. The first-order chi connectivity index (χ1) is 11.2. The minimum Gasteiger partial charge on any atom is -0.201 e. The molecule has 0 atom stereocenters. The molecule has 0 bridgehead atoms. The van der Waals surface area contributed by atoms with Gasteiger partial charge in [0.1, 0.15) is 7.05 Å². The van der Waals surface area contributed by atoms with Gasteiger partial charge < -0.3 is 0 Å². The van der Waals surface area contributed by atoms with Crippen molar-refractivity contribution in [3.05, 3.63) is 53.2 Å². The van der Waals surface area contributed by atoms with Gasteiger partial charge in [-0.15, -0.1) is 0 Å². The van der Waals surface area contributed by atoms with E-state index in [1.165, 1.54) is 24.0 Å². The van der Waals surface area contributed by atoms with E-state index in [4.69, 9.17) is 4.11 Å². The van der Waals surface area contributed by atoms with E-state index in [0.29, 0.717) is 5.56 Å². The summed E-state index contributed by atoms with van der Waals surface area (Å²) in [7, 11) is 1.94. The highest BCUT2D eigenvalue weighted by molar-refractivity contribution is 5.62. The van der Waals surface area contributed by atoms with Gasteiger partial charge in [-0.05, 0) is 49.2 Å². The molecular formula is C20H26N+. The highest BCUT2D eigenvalue weighted by atomic mass is 14.9. The van der Waals surface area contributed by atoms with Crippen LogP contribution in [0, 0.1) is 13.8 Å². The molecule has 0 spiro atoms. The third kappa shape index (κ3) is 2.50. The molecule has 1 aliphatic carbocycles. The lowest BCUT2D eigenvalue weighted by molar-refractivity contribution is -0.660. The number of hydrogen-bond acceptors (Lipinski definition) is 0. The molecule has 0 saturated heterocycles. The van der Waals surface area contributed by atoms with Gasteiger partial charge >= 0.3 is 0 Å². The van der Waals surface area contributed by atoms with Crippen LogP contribution in [0.2, 0.25) is 0 Å². The normalized spacial score (nSPS) is 19.9. The van der Waals surface area contributed by atoms with Gasteiger partial charge in [0.25, 0.3) is 0 Å². The maximum atomic E-state index is 8.00. The number of aryl methyl sites for hydroxylation is 3. The Kier molecular flexibility index (Phi) is 2.77. The summed E-state index contributed by atoms with van der Waals surface area (Å²) in [6.07, 6.45) is 6.32. The molecule has 1 nitrogen and oxygen atoms in total. The Morgan fingerprint density at radius 3 is 2.52 bits per heavy atom. The van der Waals surface area contributed by atoms with Crippen LogP contribution in [-0.4, -0.2) is 0 Å². The largest absolute Gasteiger partial charge is 0.212 e. The van der Waals surface area contributed by atoms with Gasteiger partial charge in [0.2, 0.25) is 5.69 Å². The Morgan fingerprint density at radius 1 is 1.14 bits per heavy atom. The van der Waals surface area contributed by atoms with Crippen LogP contribution in [0.4, 0.5) is 0 Å². The lowest BCUT2D eigenvalue weighted by atomic mass is 9.78. The number of aromatic nitrogens is 1. The van der Waals surface area contributed by atoms with Crippen LogP contribution in [-0.2, 0) is 12.5 Å². The second-order valence-electron chi connectivity index (χ2n) is 6.68. The number of pyridine rings is 1. The molecule has 1 fully saturated rings. The van der Waals surface area contributed by atoms with Crippen LogP contribution in [0.5, 0.6) is 0 Å². The summed E-state index contributed by atoms with van der Waals surface area (Å²) in [6.45, 7) is 2.25. The summed E-state index contributed by atoms with van der Waals surface area (Å²) < 4.78 is 26.0. The predicted molar refractivity (Wildman–Crippen MR) is 88.3 cm³/mol. The monoisotopic (exact) mass is 283 g/mol. The molecule has 1 aromatic heterocycles. The van der Waals surface area contributed by atoms with Gasteiger partial charge in [0, 0.05) is 21.3 Å². The average molecular weight is 283 g/mol. The molecule has 0 amide bonds. The van der Waals surface area contributed by atoms with Gasteiger partial charge in [0.05, 0.1) is 0 Å². The maximum Gasteiger partial charge on any atom is 0.212 e. The molecule has 1 aliphatic rings. The Hall–Kier alpha value is -1.63. The van der Waals surface area contributed by atoms with E-state index in [2.05, 4.69) is 32.0 Å². The zero-order chi connectivity index (χ0) is 17.5. The molecular weight excluding hydrogens is 254 g/mol. The molecule has 0 radical (unpaired) electrons. The predicted octanol–water partition coefficient (Wildman–Crippen LogP) is 4.63. The summed E-state index contributed by atoms with van der Waals surface area (Å²) in [5, 5.41) is 0. The van der Waals surface area contributed by atoms with Crippen LogP contribution in [0.15, 0.2) is 36.5 Å². The van der Waals surface area contributed by atoms with Crippen molar-refractivity contribution >= 4 is 0 Å². The lowest BCUT2D eigenvalue weighted by Gasteiger charge is -2.26. The SMILES string of the molecule is [2H]C([2H])([2H])c1c[n+](C)c(-c2ccccc2C)cc1C1(C)CCCC1. The molecule has 1 aromatic carbocycles. The first kappa shape index (κ1) is 11.0. The van der Waals surface area contributed by atoms with Crippen molar-refractivity contribution in [1.82, 2.24) is 0 Å². The molecule has 1 heteroatoms. The molecule has 1 saturated carbocycles. The van der Waals surface area contributed by atoms with Crippen molar-refractivity contribution in [3.63, 3.8) is 0 Å². The molecule has 0 aliphatic heterocycles. The van der Waals surface area contributed by atoms with Crippen molar-refractivity contribution in [1.29, 1.82) is 0 Å². The van der Waals surface area contributed by atoms with Gasteiger partial charge in [-0.25, -0.2) is 4.57 Å². The highest BCUT2D eigenvalue weighted by Crippen LogP contribution is 2.42. The van der Waals surface area contributed by atoms with Crippen LogP contribution in [0.3, 0.4) is 0 Å². The Bertz CT molecular complexity index is 756. The summed E-state index contributed by atoms with van der Waals surface area (Å²) in [5.74, 6) is 0. The van der Waals surface area contributed by atoms with Gasteiger partial charge in [-0.1, -0.05) is 38.0 Å². The zero-order valence-electron chi connectivity index (χ0n) is 16.2. The summed E-state index contributed by atoms with van der Waals surface area (Å²) >= 11 is 0. The van der Waals surface area contributed by atoms with Gasteiger partial charge in [-0.2, -0.15) is 0 Å².